The van der Waals surface area contributed by atoms with Crippen LogP contribution in [0.2, 0.25) is 0 Å². The van der Waals surface area contributed by atoms with Crippen molar-refractivity contribution in [1.29, 1.82) is 0 Å². The van der Waals surface area contributed by atoms with Gasteiger partial charge in [-0.3, -0.25) is 4.90 Å². The third-order valence-electron chi connectivity index (χ3n) is 7.64. The molecule has 0 bridgehead atoms. The zero-order chi connectivity index (χ0) is 24.5. The van der Waals surface area contributed by atoms with Crippen molar-refractivity contribution in [3.05, 3.63) is 96.1 Å². The Morgan fingerprint density at radius 1 is 0.943 bits per heavy atom. The van der Waals surface area contributed by atoms with Gasteiger partial charge in [0.15, 0.2) is 15.3 Å². The van der Waals surface area contributed by atoms with Gasteiger partial charge in [0, 0.05) is 50.4 Å². The first-order valence-corrected chi connectivity index (χ1v) is 14.0. The van der Waals surface area contributed by atoms with E-state index in [1.54, 1.807) is 24.3 Å². The number of hydrogen-bond acceptors (Lipinski definition) is 4. The highest BCUT2D eigenvalue weighted by Gasteiger charge is 2.54. The molecular formula is C29H35N3O2S. The third-order valence-corrected chi connectivity index (χ3v) is 9.08. The molecule has 0 amide bonds. The van der Waals surface area contributed by atoms with E-state index in [-0.39, 0.29) is 11.3 Å². The maximum absolute atomic E-state index is 12.9. The highest BCUT2D eigenvalue weighted by Crippen LogP contribution is 2.46. The molecular weight excluding hydrogens is 454 g/mol. The van der Waals surface area contributed by atoms with Crippen LogP contribution in [0.4, 0.5) is 5.69 Å². The number of sulfonamides is 1. The molecule has 1 spiro atoms. The molecule has 1 N–H and O–H groups in total. The lowest BCUT2D eigenvalue weighted by molar-refractivity contribution is 0.157. The minimum absolute atomic E-state index is 0.0902. The van der Waals surface area contributed by atoms with Gasteiger partial charge in [0.25, 0.3) is 0 Å². The quantitative estimate of drug-likeness (QED) is 0.455. The third kappa shape index (κ3) is 5.21. The molecule has 2 atom stereocenters. The molecule has 5 rings (SSSR count). The van der Waals surface area contributed by atoms with E-state index in [0.29, 0.717) is 17.4 Å². The van der Waals surface area contributed by atoms with Crippen molar-refractivity contribution in [3.63, 3.8) is 0 Å². The average molecular weight is 490 g/mol. The maximum Gasteiger partial charge on any atom is 0.175 e. The minimum Gasteiger partial charge on any atom is -0.593 e. The lowest BCUT2D eigenvalue weighted by Crippen LogP contribution is -2.62. The molecule has 2 fully saturated rings. The van der Waals surface area contributed by atoms with Crippen LogP contribution in [0.3, 0.4) is 0 Å². The number of rotatable bonds is 8. The van der Waals surface area contributed by atoms with Crippen molar-refractivity contribution in [2.24, 2.45) is 11.3 Å². The van der Waals surface area contributed by atoms with Gasteiger partial charge < -0.3 is 9.45 Å². The van der Waals surface area contributed by atoms with Crippen LogP contribution < -0.4 is 9.62 Å². The van der Waals surface area contributed by atoms with Crippen molar-refractivity contribution in [2.75, 3.05) is 37.6 Å². The molecule has 2 aliphatic rings. The Hall–Kier alpha value is -2.51. The van der Waals surface area contributed by atoms with Crippen LogP contribution in [0, 0.1) is 11.3 Å². The number of hydrogen-bond donors (Lipinski definition) is 1. The summed E-state index contributed by atoms with van der Waals surface area (Å²) in [4.78, 5) is 5.25. The van der Waals surface area contributed by atoms with Gasteiger partial charge in [0.2, 0.25) is 0 Å². The minimum atomic E-state index is -3.52. The second kappa shape index (κ2) is 9.86. The predicted octanol–water partition coefficient (Wildman–Crippen LogP) is 4.94. The first-order valence-electron chi connectivity index (χ1n) is 12.5. The Bertz CT molecular complexity index is 1160. The van der Waals surface area contributed by atoms with Crippen LogP contribution in [0.1, 0.15) is 30.9 Å². The van der Waals surface area contributed by atoms with E-state index < -0.39 is 10.4 Å². The van der Waals surface area contributed by atoms with Crippen LogP contribution in [0.15, 0.2) is 89.8 Å². The molecule has 0 radical (unpaired) electrons. The average Bonchev–Trinajstić information content (AvgIpc) is 3.22. The topological polar surface area (TPSA) is 58.6 Å². The Morgan fingerprint density at radius 2 is 1.57 bits per heavy atom. The summed E-state index contributed by atoms with van der Waals surface area (Å²) in [6.07, 6.45) is 0. The Kier molecular flexibility index (Phi) is 6.82. The molecule has 6 heteroatoms. The van der Waals surface area contributed by atoms with E-state index in [4.69, 9.17) is 0 Å². The molecule has 2 saturated heterocycles. The van der Waals surface area contributed by atoms with Gasteiger partial charge in [-0.25, -0.2) is 0 Å². The summed E-state index contributed by atoms with van der Waals surface area (Å²) in [5, 5.41) is 0. The number of anilines is 1. The van der Waals surface area contributed by atoms with E-state index in [1.807, 2.05) is 12.1 Å². The van der Waals surface area contributed by atoms with Crippen LogP contribution in [0.5, 0.6) is 0 Å². The lowest BCUT2D eigenvalue weighted by Gasteiger charge is -2.52. The fourth-order valence-electron chi connectivity index (χ4n) is 5.60. The van der Waals surface area contributed by atoms with Crippen LogP contribution in [0.25, 0.3) is 0 Å². The van der Waals surface area contributed by atoms with Crippen molar-refractivity contribution in [1.82, 2.24) is 9.62 Å². The molecule has 184 valence electrons. The summed E-state index contributed by atoms with van der Waals surface area (Å²) in [5.41, 5.74) is 4.00. The van der Waals surface area contributed by atoms with Crippen molar-refractivity contribution < 1.29 is 8.76 Å². The largest absolute Gasteiger partial charge is 0.593 e. The summed E-state index contributed by atoms with van der Waals surface area (Å²) < 4.78 is 28.8. The Morgan fingerprint density at radius 3 is 2.20 bits per heavy atom. The molecule has 0 aromatic heterocycles. The number of nitrogens with zero attached hydrogens (tertiary/aromatic N) is 2. The summed E-state index contributed by atoms with van der Waals surface area (Å²) in [5.74, 6) is 0.788. The maximum atomic E-state index is 12.9. The van der Waals surface area contributed by atoms with Gasteiger partial charge in [-0.05, 0) is 47.2 Å². The van der Waals surface area contributed by atoms with Crippen molar-refractivity contribution >= 4 is 16.1 Å². The smallest absolute Gasteiger partial charge is 0.175 e. The number of likely N-dealkylation sites (tertiary alicyclic amines) is 1. The number of nitrogens with one attached hydrogen (secondary N) is 1. The van der Waals surface area contributed by atoms with E-state index in [2.05, 4.69) is 76.9 Å². The Labute approximate surface area is 210 Å². The van der Waals surface area contributed by atoms with Crippen LogP contribution in [-0.2, 0) is 21.2 Å². The molecule has 0 aliphatic carbocycles. The van der Waals surface area contributed by atoms with E-state index in [1.165, 1.54) is 16.8 Å². The standard InChI is InChI=1S/C29H35N3O2S/c1-23(2)25-15-13-24(14-16-25)18-31-19-26(17-30-35(33,34)28-11-7-4-8-12-28)29(20-31)21-32(22-29)27-9-5-3-6-10-27/h3-16,23,26H,17-22H2,1-2H3,(H-,30,33,34). The summed E-state index contributed by atoms with van der Waals surface area (Å²) in [6.45, 7) is 9.59. The van der Waals surface area contributed by atoms with Gasteiger partial charge in [-0.15, -0.1) is 4.72 Å². The van der Waals surface area contributed by atoms with Crippen molar-refractivity contribution in [2.45, 2.75) is 31.2 Å². The van der Waals surface area contributed by atoms with Gasteiger partial charge in [-0.1, -0.05) is 78.7 Å². The van der Waals surface area contributed by atoms with E-state index in [9.17, 15) is 8.76 Å². The zero-order valence-corrected chi connectivity index (χ0v) is 21.4. The molecule has 3 aromatic rings. The van der Waals surface area contributed by atoms with Gasteiger partial charge in [0.1, 0.15) is 0 Å². The lowest BCUT2D eigenvalue weighted by atomic mass is 9.71. The predicted molar refractivity (Wildman–Crippen MR) is 142 cm³/mol. The first-order chi connectivity index (χ1) is 16.8. The summed E-state index contributed by atoms with van der Waals surface area (Å²) >= 11 is 0. The molecule has 5 nitrogen and oxygen atoms in total. The second-order valence-electron chi connectivity index (χ2n) is 10.5. The highest BCUT2D eigenvalue weighted by atomic mass is 32.3. The molecule has 2 aliphatic heterocycles. The monoisotopic (exact) mass is 489 g/mol. The SMILES string of the molecule is CC(C)c1ccc(CN2CC(CN[S+](=O)([O-])c3ccccc3)C3(C2)CN(c2ccccc2)C3)cc1. The molecule has 0 saturated carbocycles. The highest BCUT2D eigenvalue weighted by molar-refractivity contribution is 7.95. The number of benzene rings is 3. The van der Waals surface area contributed by atoms with Crippen LogP contribution in [-0.4, -0.2) is 42.2 Å². The normalized spacial score (nSPS) is 21.3. The van der Waals surface area contributed by atoms with Gasteiger partial charge >= 0.3 is 0 Å². The van der Waals surface area contributed by atoms with E-state index in [0.717, 1.165) is 32.7 Å². The fraction of sp³-hybridized carbons (Fsp3) is 0.379. The Balaban J connectivity index is 1.30. The molecule has 35 heavy (non-hydrogen) atoms. The molecule has 3 aromatic carbocycles. The summed E-state index contributed by atoms with van der Waals surface area (Å²) in [7, 11) is -3.52. The summed E-state index contributed by atoms with van der Waals surface area (Å²) in [6, 6.07) is 28.1. The second-order valence-corrected chi connectivity index (χ2v) is 12.2. The van der Waals surface area contributed by atoms with E-state index >= 15 is 0 Å². The molecule has 2 heterocycles. The zero-order valence-electron chi connectivity index (χ0n) is 20.6. The van der Waals surface area contributed by atoms with Crippen LogP contribution >= 0.6 is 0 Å². The fourth-order valence-corrected chi connectivity index (χ4v) is 6.70. The van der Waals surface area contributed by atoms with Crippen molar-refractivity contribution in [3.8, 4) is 0 Å². The van der Waals surface area contributed by atoms with Gasteiger partial charge in [-0.2, -0.15) is 0 Å². The first kappa shape index (κ1) is 24.2. The molecule has 2 unspecified atom stereocenters. The number of para-hydroxylation sites is 1. The van der Waals surface area contributed by atoms with Gasteiger partial charge in [0.05, 0.1) is 0 Å².